The van der Waals surface area contributed by atoms with E-state index in [-0.39, 0.29) is 18.2 Å². The van der Waals surface area contributed by atoms with Crippen LogP contribution >= 0.6 is 12.4 Å². The van der Waals surface area contributed by atoms with Crippen molar-refractivity contribution < 1.29 is 9.13 Å². The van der Waals surface area contributed by atoms with Crippen LogP contribution in [0.3, 0.4) is 0 Å². The van der Waals surface area contributed by atoms with Crippen LogP contribution in [0.25, 0.3) is 11.1 Å². The fraction of sp³-hybridized carbons (Fsp3) is 0.240. The molecule has 30 heavy (non-hydrogen) atoms. The lowest BCUT2D eigenvalue weighted by molar-refractivity contribution is 0.212. The minimum Gasteiger partial charge on any atom is -0.493 e. The first-order chi connectivity index (χ1) is 14.2. The number of rotatable bonds is 3. The number of halogens is 2. The molecule has 2 atom stereocenters. The average molecular weight is 421 g/mol. The molecule has 5 heteroatoms. The average Bonchev–Trinajstić information content (AvgIpc) is 3.17. The lowest BCUT2D eigenvalue weighted by Gasteiger charge is -2.27. The van der Waals surface area contributed by atoms with Crippen LogP contribution in [0.4, 0.5) is 4.39 Å². The lowest BCUT2D eigenvalue weighted by Crippen LogP contribution is -2.25. The third kappa shape index (κ3) is 3.92. The number of ether oxygens (including phenoxy) is 1. The number of fused-ring (bicyclic) bond motifs is 3. The summed E-state index contributed by atoms with van der Waals surface area (Å²) in [5.41, 5.74) is 5.25. The molecule has 3 aromatic rings. The number of hydrogen-bond acceptors (Lipinski definition) is 3. The number of nitriles is 1. The third-order valence-corrected chi connectivity index (χ3v) is 6.05. The summed E-state index contributed by atoms with van der Waals surface area (Å²) in [7, 11) is 0. The van der Waals surface area contributed by atoms with Crippen LogP contribution in [0.15, 0.2) is 66.7 Å². The van der Waals surface area contributed by atoms with Gasteiger partial charge in [0.2, 0.25) is 0 Å². The summed E-state index contributed by atoms with van der Waals surface area (Å²) < 4.78 is 19.1. The molecule has 0 aliphatic carbocycles. The summed E-state index contributed by atoms with van der Waals surface area (Å²) >= 11 is 0. The number of hydrogen-bond donors (Lipinski definition) is 0. The van der Waals surface area contributed by atoms with Crippen molar-refractivity contribution in [3.63, 3.8) is 0 Å². The number of likely N-dealkylation sites (tertiary alicyclic amines) is 1. The molecule has 152 valence electrons. The second-order valence-corrected chi connectivity index (χ2v) is 7.94. The first kappa shape index (κ1) is 20.4. The first-order valence-corrected chi connectivity index (χ1v) is 9.94. The van der Waals surface area contributed by atoms with Crippen molar-refractivity contribution in [3.05, 3.63) is 89.2 Å². The van der Waals surface area contributed by atoms with Crippen molar-refractivity contribution in [2.45, 2.75) is 12.5 Å². The molecule has 2 aliphatic heterocycles. The minimum atomic E-state index is -0.215. The van der Waals surface area contributed by atoms with Crippen molar-refractivity contribution in [2.75, 3.05) is 19.7 Å². The van der Waals surface area contributed by atoms with Crippen molar-refractivity contribution >= 4 is 12.4 Å². The summed E-state index contributed by atoms with van der Waals surface area (Å²) in [6.07, 6.45) is 0. The van der Waals surface area contributed by atoms with Gasteiger partial charge in [0.25, 0.3) is 0 Å². The highest BCUT2D eigenvalue weighted by Crippen LogP contribution is 2.42. The van der Waals surface area contributed by atoms with Gasteiger partial charge in [-0.3, -0.25) is 4.90 Å². The largest absolute Gasteiger partial charge is 0.493 e. The summed E-state index contributed by atoms with van der Waals surface area (Å²) in [6.45, 7) is 3.61. The molecule has 0 spiro atoms. The van der Waals surface area contributed by atoms with E-state index in [2.05, 4.69) is 35.2 Å². The Morgan fingerprint density at radius 3 is 2.37 bits per heavy atom. The molecule has 1 saturated heterocycles. The molecule has 0 saturated carbocycles. The fourth-order valence-electron chi connectivity index (χ4n) is 4.55. The molecular weight excluding hydrogens is 399 g/mol. The van der Waals surface area contributed by atoms with Crippen molar-refractivity contribution in [1.82, 2.24) is 4.90 Å². The van der Waals surface area contributed by atoms with Gasteiger partial charge in [-0.15, -0.1) is 12.4 Å². The zero-order valence-corrected chi connectivity index (χ0v) is 17.2. The highest BCUT2D eigenvalue weighted by Gasteiger charge is 2.38. The molecule has 3 nitrogen and oxygen atoms in total. The molecule has 0 aromatic heterocycles. The molecular formula is C25H22ClFN2O. The summed E-state index contributed by atoms with van der Waals surface area (Å²) in [6, 6.07) is 23.1. The van der Waals surface area contributed by atoms with E-state index in [9.17, 15) is 9.65 Å². The molecule has 3 aromatic carbocycles. The molecule has 0 bridgehead atoms. The maximum atomic E-state index is 13.1. The Balaban J connectivity index is 0.00000218. The van der Waals surface area contributed by atoms with E-state index in [0.29, 0.717) is 17.4 Å². The van der Waals surface area contributed by atoms with Crippen LogP contribution in [0.5, 0.6) is 5.75 Å². The van der Waals surface area contributed by atoms with Gasteiger partial charge in [0.1, 0.15) is 11.6 Å². The van der Waals surface area contributed by atoms with Crippen molar-refractivity contribution in [2.24, 2.45) is 5.92 Å². The zero-order chi connectivity index (χ0) is 19.8. The van der Waals surface area contributed by atoms with Gasteiger partial charge in [-0.1, -0.05) is 36.4 Å². The second kappa shape index (κ2) is 8.47. The van der Waals surface area contributed by atoms with Crippen LogP contribution in [-0.4, -0.2) is 24.6 Å². The Labute approximate surface area is 182 Å². The van der Waals surface area contributed by atoms with E-state index in [1.54, 1.807) is 0 Å². The molecule has 0 N–H and O–H groups in total. The second-order valence-electron chi connectivity index (χ2n) is 7.94. The molecule has 1 fully saturated rings. The summed E-state index contributed by atoms with van der Waals surface area (Å²) in [4.78, 5) is 2.47. The number of nitrogens with zero attached hydrogens (tertiary/aromatic N) is 2. The normalized spacial score (nSPS) is 19.7. The van der Waals surface area contributed by atoms with Gasteiger partial charge < -0.3 is 4.74 Å². The van der Waals surface area contributed by atoms with E-state index < -0.39 is 0 Å². The molecule has 0 radical (unpaired) electrons. The Morgan fingerprint density at radius 2 is 1.67 bits per heavy atom. The molecule has 2 aliphatic rings. The molecule has 5 rings (SSSR count). The topological polar surface area (TPSA) is 36.3 Å². The lowest BCUT2D eigenvalue weighted by atomic mass is 9.86. The van der Waals surface area contributed by atoms with Gasteiger partial charge in [0, 0.05) is 37.0 Å². The Bertz CT molecular complexity index is 1080. The van der Waals surface area contributed by atoms with Crippen LogP contribution in [0.2, 0.25) is 0 Å². The zero-order valence-electron chi connectivity index (χ0n) is 16.4. The van der Waals surface area contributed by atoms with E-state index >= 15 is 0 Å². The van der Waals surface area contributed by atoms with Crippen molar-refractivity contribution in [3.8, 4) is 22.9 Å². The van der Waals surface area contributed by atoms with Crippen LogP contribution in [0, 0.1) is 23.1 Å². The highest BCUT2D eigenvalue weighted by molar-refractivity contribution is 5.85. The fourth-order valence-corrected chi connectivity index (χ4v) is 4.55. The molecule has 2 heterocycles. The van der Waals surface area contributed by atoms with Gasteiger partial charge in [-0.25, -0.2) is 4.39 Å². The van der Waals surface area contributed by atoms with Gasteiger partial charge >= 0.3 is 0 Å². The minimum absolute atomic E-state index is 0. The van der Waals surface area contributed by atoms with E-state index in [1.165, 1.54) is 23.3 Å². The standard InChI is InChI=1S/C25H21FN2O.ClH/c26-22-8-6-20(7-9-22)19-4-1-17(2-5-19)13-28-14-21-16-29-25-10-3-18(12-27)11-23(25)24(21)15-28;/h1-11,21,24H,13-16H2;1H. The van der Waals surface area contributed by atoms with Crippen LogP contribution < -0.4 is 4.74 Å². The Kier molecular flexibility index (Phi) is 5.76. The van der Waals surface area contributed by atoms with E-state index in [1.807, 2.05) is 30.3 Å². The predicted molar refractivity (Wildman–Crippen MR) is 117 cm³/mol. The van der Waals surface area contributed by atoms with E-state index in [0.717, 1.165) is 43.1 Å². The summed E-state index contributed by atoms with van der Waals surface area (Å²) in [5, 5.41) is 9.22. The van der Waals surface area contributed by atoms with Crippen molar-refractivity contribution in [1.29, 1.82) is 5.26 Å². The Hall–Kier alpha value is -2.87. The highest BCUT2D eigenvalue weighted by atomic mass is 35.5. The molecule has 0 amide bonds. The van der Waals surface area contributed by atoms with Crippen LogP contribution in [-0.2, 0) is 6.54 Å². The summed E-state index contributed by atoms with van der Waals surface area (Å²) in [5.74, 6) is 1.60. The quantitative estimate of drug-likeness (QED) is 0.569. The van der Waals surface area contributed by atoms with Gasteiger partial charge in [0.05, 0.1) is 18.2 Å². The SMILES string of the molecule is Cl.N#Cc1ccc2c(c1)C1CN(Cc3ccc(-c4ccc(F)cc4)cc3)CC1CO2. The monoisotopic (exact) mass is 420 g/mol. The van der Waals surface area contributed by atoms with E-state index in [4.69, 9.17) is 4.74 Å². The number of benzene rings is 3. The third-order valence-electron chi connectivity index (χ3n) is 6.05. The maximum absolute atomic E-state index is 13.1. The molecule has 2 unspecified atom stereocenters. The Morgan fingerprint density at radius 1 is 0.967 bits per heavy atom. The first-order valence-electron chi connectivity index (χ1n) is 9.94. The van der Waals surface area contributed by atoms with Gasteiger partial charge in [-0.2, -0.15) is 5.26 Å². The smallest absolute Gasteiger partial charge is 0.123 e. The van der Waals surface area contributed by atoms with Gasteiger partial charge in [-0.05, 0) is 47.0 Å². The van der Waals surface area contributed by atoms with Crippen LogP contribution in [0.1, 0.15) is 22.6 Å². The predicted octanol–water partition coefficient (Wildman–Crippen LogP) is 5.39. The van der Waals surface area contributed by atoms with Gasteiger partial charge in [0.15, 0.2) is 0 Å². The maximum Gasteiger partial charge on any atom is 0.123 e.